The molecule has 1 saturated heterocycles. The van der Waals surface area contributed by atoms with Crippen LogP contribution < -0.4 is 10.6 Å². The Kier molecular flexibility index (Phi) is 5.30. The minimum Gasteiger partial charge on any atom is -0.365 e. The molecule has 3 nitrogen and oxygen atoms in total. The fourth-order valence-electron chi connectivity index (χ4n) is 2.86. The summed E-state index contributed by atoms with van der Waals surface area (Å²) in [7, 11) is 2.17. The zero-order valence-electron chi connectivity index (χ0n) is 12.8. The molecule has 0 saturated carbocycles. The molecule has 0 radical (unpaired) electrons. The van der Waals surface area contributed by atoms with Crippen LogP contribution in [-0.4, -0.2) is 43.7 Å². The summed E-state index contributed by atoms with van der Waals surface area (Å²) in [4.78, 5) is 4.77. The van der Waals surface area contributed by atoms with Crippen LogP contribution in [0.4, 0.5) is 5.69 Å². The maximum Gasteiger partial charge on any atom is 0.0642 e. The molecule has 1 heterocycles. The summed E-state index contributed by atoms with van der Waals surface area (Å²) in [6.45, 7) is 7.58. The first-order valence-corrected chi connectivity index (χ1v) is 7.88. The minimum atomic E-state index is 0.222. The van der Waals surface area contributed by atoms with Crippen LogP contribution in [0.15, 0.2) is 18.2 Å². The van der Waals surface area contributed by atoms with Crippen molar-refractivity contribution >= 4 is 17.3 Å². The Morgan fingerprint density at radius 1 is 1.40 bits per heavy atom. The maximum atomic E-state index is 6.49. The molecule has 1 fully saturated rings. The lowest BCUT2D eigenvalue weighted by molar-refractivity contribution is 0.275. The van der Waals surface area contributed by atoms with E-state index in [1.165, 1.54) is 5.56 Å². The molecule has 1 aromatic rings. The van der Waals surface area contributed by atoms with Crippen LogP contribution in [0, 0.1) is 0 Å². The van der Waals surface area contributed by atoms with Crippen LogP contribution >= 0.6 is 11.6 Å². The number of anilines is 1. The Morgan fingerprint density at radius 2 is 2.15 bits per heavy atom. The molecule has 4 heteroatoms. The van der Waals surface area contributed by atoms with E-state index in [1.54, 1.807) is 0 Å². The van der Waals surface area contributed by atoms with E-state index in [9.17, 15) is 0 Å². The Balaban J connectivity index is 2.13. The zero-order valence-corrected chi connectivity index (χ0v) is 13.5. The molecule has 2 unspecified atom stereocenters. The molecule has 20 heavy (non-hydrogen) atoms. The number of likely N-dealkylation sites (N-methyl/N-ethyl adjacent to an activating group) is 1. The van der Waals surface area contributed by atoms with Crippen molar-refractivity contribution < 1.29 is 0 Å². The van der Waals surface area contributed by atoms with Gasteiger partial charge in [-0.1, -0.05) is 24.6 Å². The molecule has 2 atom stereocenters. The molecule has 0 spiro atoms. The average Bonchev–Trinajstić information content (AvgIpc) is 2.40. The van der Waals surface area contributed by atoms with Crippen molar-refractivity contribution in [3.63, 3.8) is 0 Å². The van der Waals surface area contributed by atoms with Gasteiger partial charge in [0.2, 0.25) is 0 Å². The molecule has 0 aliphatic carbocycles. The third-order valence-electron chi connectivity index (χ3n) is 4.17. The van der Waals surface area contributed by atoms with Crippen LogP contribution in [-0.2, 0) is 6.42 Å². The number of rotatable bonds is 4. The molecule has 0 bridgehead atoms. The third-order valence-corrected chi connectivity index (χ3v) is 4.48. The summed E-state index contributed by atoms with van der Waals surface area (Å²) in [5.74, 6) is 0. The second kappa shape index (κ2) is 6.79. The molecule has 2 rings (SSSR count). The van der Waals surface area contributed by atoms with Crippen LogP contribution in [0.3, 0.4) is 0 Å². The molecule has 1 aliphatic rings. The lowest BCUT2D eigenvalue weighted by atomic mass is 10.0. The maximum absolute atomic E-state index is 6.49. The Hall–Kier alpha value is -0.770. The monoisotopic (exact) mass is 295 g/mol. The number of hydrogen-bond acceptors (Lipinski definition) is 3. The number of hydrogen-bond donors (Lipinski definition) is 1. The van der Waals surface area contributed by atoms with Crippen molar-refractivity contribution in [3.8, 4) is 0 Å². The summed E-state index contributed by atoms with van der Waals surface area (Å²) < 4.78 is 0. The zero-order chi connectivity index (χ0) is 14.7. The summed E-state index contributed by atoms with van der Waals surface area (Å²) in [5, 5.41) is 0.849. The number of nitrogens with two attached hydrogens (primary N) is 1. The van der Waals surface area contributed by atoms with E-state index in [2.05, 4.69) is 48.9 Å². The Labute approximate surface area is 127 Å². The van der Waals surface area contributed by atoms with Crippen LogP contribution in [0.5, 0.6) is 0 Å². The third kappa shape index (κ3) is 3.66. The number of halogens is 1. The fraction of sp³-hybridized carbons (Fsp3) is 0.625. The van der Waals surface area contributed by atoms with Gasteiger partial charge >= 0.3 is 0 Å². The number of benzene rings is 1. The SMILES string of the molecule is CCC(N)Cc1ccc(N2CCN(C)CC2C)c(Cl)c1. The molecule has 1 aliphatic heterocycles. The Bertz CT molecular complexity index is 449. The Morgan fingerprint density at radius 3 is 2.75 bits per heavy atom. The van der Waals surface area contributed by atoms with E-state index in [-0.39, 0.29) is 6.04 Å². The number of nitrogens with zero attached hydrogens (tertiary/aromatic N) is 2. The van der Waals surface area contributed by atoms with Gasteiger partial charge in [-0.3, -0.25) is 0 Å². The topological polar surface area (TPSA) is 32.5 Å². The molecule has 112 valence electrons. The highest BCUT2D eigenvalue weighted by atomic mass is 35.5. The molecular formula is C16H26ClN3. The first-order chi connectivity index (χ1) is 9.51. The molecular weight excluding hydrogens is 270 g/mol. The summed E-state index contributed by atoms with van der Waals surface area (Å²) >= 11 is 6.49. The van der Waals surface area contributed by atoms with Gasteiger partial charge in [0.1, 0.15) is 0 Å². The highest BCUT2D eigenvalue weighted by molar-refractivity contribution is 6.33. The van der Waals surface area contributed by atoms with E-state index in [0.717, 1.165) is 43.2 Å². The molecule has 0 amide bonds. The second-order valence-corrected chi connectivity index (χ2v) is 6.37. The molecule has 0 aromatic heterocycles. The highest BCUT2D eigenvalue weighted by Gasteiger charge is 2.23. The van der Waals surface area contributed by atoms with Gasteiger partial charge in [-0.2, -0.15) is 0 Å². The largest absolute Gasteiger partial charge is 0.365 e. The predicted molar refractivity (Wildman–Crippen MR) is 87.7 cm³/mol. The van der Waals surface area contributed by atoms with Crippen LogP contribution in [0.2, 0.25) is 5.02 Å². The van der Waals surface area contributed by atoms with E-state index >= 15 is 0 Å². The van der Waals surface area contributed by atoms with Crippen molar-refractivity contribution in [2.75, 3.05) is 31.6 Å². The molecule has 1 aromatic carbocycles. The van der Waals surface area contributed by atoms with E-state index < -0.39 is 0 Å². The van der Waals surface area contributed by atoms with Crippen molar-refractivity contribution in [2.45, 2.75) is 38.8 Å². The normalized spacial score (nSPS) is 22.1. The van der Waals surface area contributed by atoms with Crippen molar-refractivity contribution in [3.05, 3.63) is 28.8 Å². The van der Waals surface area contributed by atoms with Gasteiger partial charge in [0, 0.05) is 31.7 Å². The standard InChI is InChI=1S/C16H26ClN3/c1-4-14(18)9-13-5-6-16(15(17)10-13)20-8-7-19(3)11-12(20)2/h5-6,10,12,14H,4,7-9,11,18H2,1-3H3. The van der Waals surface area contributed by atoms with E-state index in [4.69, 9.17) is 17.3 Å². The first-order valence-electron chi connectivity index (χ1n) is 7.50. The van der Waals surface area contributed by atoms with Gasteiger partial charge in [-0.15, -0.1) is 0 Å². The van der Waals surface area contributed by atoms with Crippen molar-refractivity contribution in [1.29, 1.82) is 0 Å². The lowest BCUT2D eigenvalue weighted by Crippen LogP contribution is -2.50. The predicted octanol–water partition coefficient (Wildman–Crippen LogP) is 2.76. The second-order valence-electron chi connectivity index (χ2n) is 5.96. The highest BCUT2D eigenvalue weighted by Crippen LogP contribution is 2.30. The fourth-order valence-corrected chi connectivity index (χ4v) is 3.17. The summed E-state index contributed by atoms with van der Waals surface area (Å²) in [5.41, 5.74) is 8.40. The van der Waals surface area contributed by atoms with Gasteiger partial charge in [-0.05, 0) is 44.5 Å². The van der Waals surface area contributed by atoms with Crippen molar-refractivity contribution in [1.82, 2.24) is 4.90 Å². The first kappa shape index (κ1) is 15.6. The van der Waals surface area contributed by atoms with E-state index in [1.807, 2.05) is 0 Å². The van der Waals surface area contributed by atoms with Gasteiger partial charge in [0.25, 0.3) is 0 Å². The summed E-state index contributed by atoms with van der Waals surface area (Å²) in [6, 6.07) is 7.12. The van der Waals surface area contributed by atoms with Gasteiger partial charge in [0.05, 0.1) is 10.7 Å². The van der Waals surface area contributed by atoms with Gasteiger partial charge in [0.15, 0.2) is 0 Å². The van der Waals surface area contributed by atoms with Gasteiger partial charge in [-0.25, -0.2) is 0 Å². The van der Waals surface area contributed by atoms with E-state index in [0.29, 0.717) is 6.04 Å². The lowest BCUT2D eigenvalue weighted by Gasteiger charge is -2.40. The quantitative estimate of drug-likeness (QED) is 0.927. The van der Waals surface area contributed by atoms with Crippen molar-refractivity contribution in [2.24, 2.45) is 5.73 Å². The van der Waals surface area contributed by atoms with Crippen LogP contribution in [0.1, 0.15) is 25.8 Å². The smallest absolute Gasteiger partial charge is 0.0642 e. The summed E-state index contributed by atoms with van der Waals surface area (Å²) in [6.07, 6.45) is 1.89. The average molecular weight is 296 g/mol. The van der Waals surface area contributed by atoms with Gasteiger partial charge < -0.3 is 15.5 Å². The molecule has 2 N–H and O–H groups in total. The number of piperazine rings is 1. The minimum absolute atomic E-state index is 0.222. The van der Waals surface area contributed by atoms with Crippen LogP contribution in [0.25, 0.3) is 0 Å².